The van der Waals surface area contributed by atoms with E-state index in [1.54, 1.807) is 0 Å². The van der Waals surface area contributed by atoms with Gasteiger partial charge >= 0.3 is 0 Å². The van der Waals surface area contributed by atoms with E-state index >= 15 is 0 Å². The van der Waals surface area contributed by atoms with Crippen LogP contribution in [0.15, 0.2) is 42.5 Å². The minimum absolute atomic E-state index is 0.245. The number of rotatable bonds is 5. The summed E-state index contributed by atoms with van der Waals surface area (Å²) in [7, 11) is 1.40. The molecule has 0 bridgehead atoms. The highest BCUT2D eigenvalue weighted by molar-refractivity contribution is 8.12. The molecular formula is C12H13ClN2O2S. The Morgan fingerprint density at radius 2 is 1.72 bits per heavy atom. The van der Waals surface area contributed by atoms with Crippen molar-refractivity contribution < 1.29 is 8.42 Å². The number of nitrogens with one attached hydrogen (secondary N) is 2. The van der Waals surface area contributed by atoms with Crippen molar-refractivity contribution in [2.45, 2.75) is 0 Å². The van der Waals surface area contributed by atoms with Crippen molar-refractivity contribution in [3.63, 3.8) is 0 Å². The average molecular weight is 285 g/mol. The molecule has 18 heavy (non-hydrogen) atoms. The first-order valence-electron chi connectivity index (χ1n) is 5.47. The Kier molecular flexibility index (Phi) is 4.06. The smallest absolute Gasteiger partial charge is 0.297 e. The Hall–Kier alpha value is -1.30. The SMILES string of the molecule is O=S(=O)(Cl)NCCNc1cccc2ccccc12. The van der Waals surface area contributed by atoms with Gasteiger partial charge in [-0.1, -0.05) is 36.4 Å². The van der Waals surface area contributed by atoms with Gasteiger partial charge in [0.15, 0.2) is 0 Å². The van der Waals surface area contributed by atoms with Crippen LogP contribution in [0.4, 0.5) is 5.69 Å². The van der Waals surface area contributed by atoms with Gasteiger partial charge in [0.25, 0.3) is 9.24 Å². The second-order valence-corrected chi connectivity index (χ2v) is 6.17. The van der Waals surface area contributed by atoms with Crippen molar-refractivity contribution >= 4 is 36.4 Å². The summed E-state index contributed by atoms with van der Waals surface area (Å²) in [6.45, 7) is 0.717. The molecule has 0 aliphatic heterocycles. The van der Waals surface area contributed by atoms with Crippen LogP contribution in [0.25, 0.3) is 10.8 Å². The van der Waals surface area contributed by atoms with Gasteiger partial charge in [0.1, 0.15) is 0 Å². The fourth-order valence-electron chi connectivity index (χ4n) is 1.75. The maximum Gasteiger partial charge on any atom is 0.297 e. The van der Waals surface area contributed by atoms with Crippen LogP contribution in [0.3, 0.4) is 0 Å². The molecule has 0 amide bonds. The molecule has 96 valence electrons. The molecule has 0 saturated heterocycles. The van der Waals surface area contributed by atoms with Crippen LogP contribution in [0.2, 0.25) is 0 Å². The lowest BCUT2D eigenvalue weighted by atomic mass is 10.1. The first kappa shape index (κ1) is 13.1. The molecule has 0 saturated carbocycles. The van der Waals surface area contributed by atoms with Gasteiger partial charge in [0.05, 0.1) is 0 Å². The highest BCUT2D eigenvalue weighted by Crippen LogP contribution is 2.22. The lowest BCUT2D eigenvalue weighted by Gasteiger charge is -2.09. The maximum absolute atomic E-state index is 10.7. The molecule has 2 rings (SSSR count). The number of halogens is 1. The largest absolute Gasteiger partial charge is 0.383 e. The topological polar surface area (TPSA) is 58.2 Å². The third-order valence-corrected chi connectivity index (χ3v) is 3.38. The molecule has 0 aromatic heterocycles. The summed E-state index contributed by atoms with van der Waals surface area (Å²) in [5.74, 6) is 0. The van der Waals surface area contributed by atoms with Gasteiger partial charge in [-0.15, -0.1) is 0 Å². The zero-order chi connectivity index (χ0) is 13.0. The van der Waals surface area contributed by atoms with Crippen molar-refractivity contribution in [1.29, 1.82) is 0 Å². The number of anilines is 1. The third-order valence-electron chi connectivity index (χ3n) is 2.50. The predicted octanol–water partition coefficient (Wildman–Crippen LogP) is 2.32. The van der Waals surface area contributed by atoms with Crippen molar-refractivity contribution in [3.05, 3.63) is 42.5 Å². The number of benzene rings is 2. The Balaban J connectivity index is 2.04. The molecule has 0 radical (unpaired) electrons. The van der Waals surface area contributed by atoms with Crippen LogP contribution in [0, 0.1) is 0 Å². The van der Waals surface area contributed by atoms with E-state index in [0.29, 0.717) is 6.54 Å². The quantitative estimate of drug-likeness (QED) is 0.654. The van der Waals surface area contributed by atoms with Crippen molar-refractivity contribution in [3.8, 4) is 0 Å². The van der Waals surface area contributed by atoms with E-state index in [9.17, 15) is 8.42 Å². The standard InChI is InChI=1S/C12H13ClN2O2S/c13-18(16,17)15-9-8-14-12-7-3-5-10-4-1-2-6-11(10)12/h1-7,14-15H,8-9H2. The lowest BCUT2D eigenvalue weighted by Crippen LogP contribution is -2.25. The second kappa shape index (κ2) is 5.56. The maximum atomic E-state index is 10.7. The molecule has 0 spiro atoms. The number of hydrogen-bond acceptors (Lipinski definition) is 3. The van der Waals surface area contributed by atoms with E-state index in [-0.39, 0.29) is 6.54 Å². The number of hydrogen-bond donors (Lipinski definition) is 2. The molecular weight excluding hydrogens is 272 g/mol. The molecule has 0 fully saturated rings. The fraction of sp³-hybridized carbons (Fsp3) is 0.167. The first-order valence-corrected chi connectivity index (χ1v) is 7.78. The van der Waals surface area contributed by atoms with E-state index < -0.39 is 9.24 Å². The molecule has 2 aromatic carbocycles. The van der Waals surface area contributed by atoms with Crippen LogP contribution >= 0.6 is 10.7 Å². The van der Waals surface area contributed by atoms with Crippen LogP contribution in [0.5, 0.6) is 0 Å². The Bertz CT molecular complexity index is 638. The predicted molar refractivity (Wildman–Crippen MR) is 75.2 cm³/mol. The summed E-state index contributed by atoms with van der Waals surface area (Å²) in [4.78, 5) is 0. The van der Waals surface area contributed by atoms with E-state index in [2.05, 4.69) is 10.0 Å². The Morgan fingerprint density at radius 1 is 1.00 bits per heavy atom. The highest BCUT2D eigenvalue weighted by atomic mass is 35.7. The van der Waals surface area contributed by atoms with Gasteiger partial charge in [-0.05, 0) is 11.5 Å². The molecule has 0 aliphatic carbocycles. The van der Waals surface area contributed by atoms with Crippen LogP contribution in [0.1, 0.15) is 0 Å². The van der Waals surface area contributed by atoms with Crippen LogP contribution < -0.4 is 10.0 Å². The molecule has 6 heteroatoms. The van der Waals surface area contributed by atoms with E-state index in [1.807, 2.05) is 42.5 Å². The van der Waals surface area contributed by atoms with Gasteiger partial charge in [0, 0.05) is 34.8 Å². The Morgan fingerprint density at radius 3 is 2.50 bits per heavy atom. The molecule has 0 unspecified atom stereocenters. The molecule has 0 aliphatic rings. The first-order chi connectivity index (χ1) is 8.56. The zero-order valence-corrected chi connectivity index (χ0v) is 11.1. The summed E-state index contributed by atoms with van der Waals surface area (Å²) >= 11 is 0. The summed E-state index contributed by atoms with van der Waals surface area (Å²) in [5.41, 5.74) is 0.974. The minimum Gasteiger partial charge on any atom is -0.383 e. The van der Waals surface area contributed by atoms with Gasteiger partial charge in [0.2, 0.25) is 0 Å². The Labute approximate surface area is 111 Å². The normalized spacial score (nSPS) is 11.6. The molecule has 2 aromatic rings. The minimum atomic E-state index is -3.64. The molecule has 4 nitrogen and oxygen atoms in total. The van der Waals surface area contributed by atoms with E-state index in [0.717, 1.165) is 16.5 Å². The van der Waals surface area contributed by atoms with Crippen molar-refractivity contribution in [1.82, 2.24) is 4.72 Å². The van der Waals surface area contributed by atoms with Gasteiger partial charge < -0.3 is 5.32 Å². The van der Waals surface area contributed by atoms with Crippen molar-refractivity contribution in [2.24, 2.45) is 0 Å². The van der Waals surface area contributed by atoms with Gasteiger partial charge in [-0.3, -0.25) is 0 Å². The summed E-state index contributed by atoms with van der Waals surface area (Å²) in [6, 6.07) is 13.9. The zero-order valence-electron chi connectivity index (χ0n) is 9.56. The second-order valence-electron chi connectivity index (χ2n) is 3.79. The fourth-order valence-corrected chi connectivity index (χ4v) is 2.33. The summed E-state index contributed by atoms with van der Waals surface area (Å²) in [6.07, 6.45) is 0. The highest BCUT2D eigenvalue weighted by Gasteiger charge is 2.02. The average Bonchev–Trinajstić information content (AvgIpc) is 2.33. The van der Waals surface area contributed by atoms with Gasteiger partial charge in [-0.25, -0.2) is 4.72 Å². The summed E-state index contributed by atoms with van der Waals surface area (Å²) in [5, 5.41) is 5.42. The van der Waals surface area contributed by atoms with E-state index in [4.69, 9.17) is 10.7 Å². The number of fused-ring (bicyclic) bond motifs is 1. The molecule has 2 N–H and O–H groups in total. The lowest BCUT2D eigenvalue weighted by molar-refractivity contribution is 0.597. The monoisotopic (exact) mass is 284 g/mol. The molecule has 0 heterocycles. The third kappa shape index (κ3) is 3.60. The van der Waals surface area contributed by atoms with Crippen molar-refractivity contribution in [2.75, 3.05) is 18.4 Å². The molecule has 0 atom stereocenters. The van der Waals surface area contributed by atoms with Gasteiger partial charge in [-0.2, -0.15) is 8.42 Å². The van der Waals surface area contributed by atoms with Crippen LogP contribution in [-0.2, 0) is 9.24 Å². The van der Waals surface area contributed by atoms with E-state index in [1.165, 1.54) is 0 Å². The van der Waals surface area contributed by atoms with Crippen LogP contribution in [-0.4, -0.2) is 21.5 Å². The summed E-state index contributed by atoms with van der Waals surface area (Å²) < 4.78 is 23.6.